The van der Waals surface area contributed by atoms with E-state index in [9.17, 15) is 8.78 Å². The lowest BCUT2D eigenvalue weighted by atomic mass is 10.0. The van der Waals surface area contributed by atoms with Gasteiger partial charge in [0.2, 0.25) is 0 Å². The summed E-state index contributed by atoms with van der Waals surface area (Å²) in [4.78, 5) is 4.08. The fraction of sp³-hybridized carbons (Fsp3) is 0.368. The van der Waals surface area contributed by atoms with Gasteiger partial charge in [-0.15, -0.1) is 0 Å². The van der Waals surface area contributed by atoms with Gasteiger partial charge in [-0.25, -0.2) is 8.78 Å². The van der Waals surface area contributed by atoms with Gasteiger partial charge in [0.1, 0.15) is 0 Å². The predicted molar refractivity (Wildman–Crippen MR) is 96.3 cm³/mol. The topological polar surface area (TPSA) is 6.48 Å². The molecule has 1 aliphatic rings. The summed E-state index contributed by atoms with van der Waals surface area (Å²) in [7, 11) is 0. The molecule has 0 amide bonds. The first kappa shape index (κ1) is 17.2. The van der Waals surface area contributed by atoms with Gasteiger partial charge in [0, 0.05) is 36.9 Å². The van der Waals surface area contributed by atoms with Crippen molar-refractivity contribution in [1.82, 2.24) is 4.90 Å². The molecular formula is C19H21ClF2N2. The van der Waals surface area contributed by atoms with Crippen LogP contribution in [-0.4, -0.2) is 44.0 Å². The number of rotatable bonds is 4. The highest BCUT2D eigenvalue weighted by Crippen LogP contribution is 2.28. The summed E-state index contributed by atoms with van der Waals surface area (Å²) in [6.45, 7) is 4.86. The molecule has 0 atom stereocenters. The highest BCUT2D eigenvalue weighted by Gasteiger charge is 2.19. The Hall–Kier alpha value is -1.65. The zero-order chi connectivity index (χ0) is 17.1. The second-order valence-corrected chi connectivity index (χ2v) is 6.62. The summed E-state index contributed by atoms with van der Waals surface area (Å²) in [5.74, 6) is 0. The van der Waals surface area contributed by atoms with Crippen LogP contribution in [0.25, 0.3) is 11.1 Å². The van der Waals surface area contributed by atoms with Crippen LogP contribution in [0.15, 0.2) is 42.5 Å². The van der Waals surface area contributed by atoms with Crippen molar-refractivity contribution in [3.63, 3.8) is 0 Å². The molecule has 2 nitrogen and oxygen atoms in total. The molecule has 0 aliphatic carbocycles. The van der Waals surface area contributed by atoms with Gasteiger partial charge in [-0.05, 0) is 47.9 Å². The lowest BCUT2D eigenvalue weighted by molar-refractivity contribution is 0.0854. The largest absolute Gasteiger partial charge is 0.369 e. The molecule has 128 valence electrons. The number of anilines is 1. The van der Waals surface area contributed by atoms with Crippen molar-refractivity contribution in [1.29, 1.82) is 0 Å². The van der Waals surface area contributed by atoms with Gasteiger partial charge in [-0.1, -0.05) is 29.8 Å². The molecule has 1 saturated heterocycles. The molecule has 0 bridgehead atoms. The number of piperazine rings is 1. The average Bonchev–Trinajstić information content (AvgIpc) is 2.55. The molecule has 0 aromatic heterocycles. The summed E-state index contributed by atoms with van der Waals surface area (Å²) in [5, 5.41) is 0.745. The fourth-order valence-electron chi connectivity index (χ4n) is 3.19. The van der Waals surface area contributed by atoms with Gasteiger partial charge in [0.15, 0.2) is 0 Å². The normalized spacial score (nSPS) is 16.0. The first-order valence-electron chi connectivity index (χ1n) is 8.15. The number of hydrogen-bond acceptors (Lipinski definition) is 2. The summed E-state index contributed by atoms with van der Waals surface area (Å²) in [6.07, 6.45) is -2.25. The summed E-state index contributed by atoms with van der Waals surface area (Å²) < 4.78 is 24.9. The van der Waals surface area contributed by atoms with E-state index in [1.54, 1.807) is 0 Å². The molecule has 3 rings (SSSR count). The van der Waals surface area contributed by atoms with E-state index in [-0.39, 0.29) is 6.54 Å². The second-order valence-electron chi connectivity index (χ2n) is 6.18. The number of benzene rings is 2. The van der Waals surface area contributed by atoms with Crippen molar-refractivity contribution in [2.75, 3.05) is 37.6 Å². The fourth-order valence-corrected chi connectivity index (χ4v) is 3.41. The van der Waals surface area contributed by atoms with Crippen LogP contribution in [0.3, 0.4) is 0 Å². The van der Waals surface area contributed by atoms with Crippen LogP contribution < -0.4 is 4.90 Å². The molecule has 0 radical (unpaired) electrons. The van der Waals surface area contributed by atoms with Crippen LogP contribution in [0.4, 0.5) is 14.5 Å². The maximum Gasteiger partial charge on any atom is 0.251 e. The Bertz CT molecular complexity index is 680. The van der Waals surface area contributed by atoms with E-state index in [0.717, 1.165) is 34.9 Å². The van der Waals surface area contributed by atoms with Crippen molar-refractivity contribution in [3.05, 3.63) is 53.1 Å². The van der Waals surface area contributed by atoms with E-state index < -0.39 is 6.43 Å². The van der Waals surface area contributed by atoms with E-state index in [1.165, 1.54) is 5.56 Å². The van der Waals surface area contributed by atoms with Gasteiger partial charge in [-0.2, -0.15) is 0 Å². The van der Waals surface area contributed by atoms with Gasteiger partial charge in [0.25, 0.3) is 6.43 Å². The highest BCUT2D eigenvalue weighted by atomic mass is 35.5. The Morgan fingerprint density at radius 1 is 1.00 bits per heavy atom. The third-order valence-electron chi connectivity index (χ3n) is 4.50. The molecule has 2 aromatic rings. The van der Waals surface area contributed by atoms with Crippen molar-refractivity contribution in [2.45, 2.75) is 13.3 Å². The average molecular weight is 351 g/mol. The zero-order valence-corrected chi connectivity index (χ0v) is 14.4. The quantitative estimate of drug-likeness (QED) is 0.788. The summed E-state index contributed by atoms with van der Waals surface area (Å²) in [6, 6.07) is 14.3. The molecule has 24 heavy (non-hydrogen) atoms. The van der Waals surface area contributed by atoms with Crippen molar-refractivity contribution in [3.8, 4) is 11.1 Å². The Morgan fingerprint density at radius 2 is 1.67 bits per heavy atom. The van der Waals surface area contributed by atoms with Crippen LogP contribution in [-0.2, 0) is 0 Å². The highest BCUT2D eigenvalue weighted by molar-refractivity contribution is 6.30. The smallest absolute Gasteiger partial charge is 0.251 e. The summed E-state index contributed by atoms with van der Waals surface area (Å²) >= 11 is 6.02. The van der Waals surface area contributed by atoms with Crippen LogP contribution in [0.5, 0.6) is 0 Å². The number of halogens is 3. The predicted octanol–water partition coefficient (Wildman–Crippen LogP) is 4.70. The van der Waals surface area contributed by atoms with E-state index >= 15 is 0 Å². The first-order chi connectivity index (χ1) is 11.5. The van der Waals surface area contributed by atoms with Crippen molar-refractivity contribution >= 4 is 17.3 Å². The van der Waals surface area contributed by atoms with E-state index in [2.05, 4.69) is 36.1 Å². The molecule has 1 fully saturated rings. The maximum absolute atomic E-state index is 12.4. The first-order valence-corrected chi connectivity index (χ1v) is 8.53. The van der Waals surface area contributed by atoms with Gasteiger partial charge in [-0.3, -0.25) is 4.90 Å². The van der Waals surface area contributed by atoms with Crippen molar-refractivity contribution < 1.29 is 8.78 Å². The molecule has 0 N–H and O–H groups in total. The standard InChI is InChI=1S/C19H21ClF2N2/c1-14-12-16(20)4-7-18(14)15-2-5-17(6-3-15)24-10-8-23(9-11-24)13-19(21)22/h2-7,12,19H,8-11,13H2,1H3. The number of hydrogen-bond donors (Lipinski definition) is 0. The molecule has 0 saturated carbocycles. The molecule has 1 heterocycles. The molecular weight excluding hydrogens is 330 g/mol. The second kappa shape index (κ2) is 7.49. The maximum atomic E-state index is 12.4. The van der Waals surface area contributed by atoms with Crippen LogP contribution in [0.2, 0.25) is 5.02 Å². The molecule has 2 aromatic carbocycles. The molecule has 0 spiro atoms. The SMILES string of the molecule is Cc1cc(Cl)ccc1-c1ccc(N2CCN(CC(F)F)CC2)cc1. The van der Waals surface area contributed by atoms with Crippen LogP contribution in [0.1, 0.15) is 5.56 Å². The van der Waals surface area contributed by atoms with Crippen LogP contribution in [0, 0.1) is 6.92 Å². The lowest BCUT2D eigenvalue weighted by Gasteiger charge is -2.36. The molecule has 0 unspecified atom stereocenters. The Labute approximate surface area is 146 Å². The number of alkyl halides is 2. The zero-order valence-electron chi connectivity index (χ0n) is 13.7. The minimum Gasteiger partial charge on any atom is -0.369 e. The van der Waals surface area contributed by atoms with E-state index in [0.29, 0.717) is 13.1 Å². The third-order valence-corrected chi connectivity index (χ3v) is 4.74. The van der Waals surface area contributed by atoms with Gasteiger partial charge in [0.05, 0.1) is 6.54 Å². The Morgan fingerprint density at radius 3 is 2.25 bits per heavy atom. The summed E-state index contributed by atoms with van der Waals surface area (Å²) in [5.41, 5.74) is 4.62. The monoisotopic (exact) mass is 350 g/mol. The third kappa shape index (κ3) is 4.05. The van der Waals surface area contributed by atoms with Crippen molar-refractivity contribution in [2.24, 2.45) is 0 Å². The Balaban J connectivity index is 1.67. The lowest BCUT2D eigenvalue weighted by Crippen LogP contribution is -2.47. The van der Waals surface area contributed by atoms with Crippen LogP contribution >= 0.6 is 11.6 Å². The number of nitrogens with zero attached hydrogens (tertiary/aromatic N) is 2. The molecule has 1 aliphatic heterocycles. The van der Waals surface area contributed by atoms with E-state index in [1.807, 2.05) is 23.1 Å². The minimum absolute atomic E-state index is 0.122. The number of aryl methyl sites for hydroxylation is 1. The Kier molecular flexibility index (Phi) is 5.36. The van der Waals surface area contributed by atoms with Gasteiger partial charge >= 0.3 is 0 Å². The minimum atomic E-state index is -2.25. The van der Waals surface area contributed by atoms with E-state index in [4.69, 9.17) is 11.6 Å². The molecule has 5 heteroatoms. The van der Waals surface area contributed by atoms with Gasteiger partial charge < -0.3 is 4.90 Å².